The fourth-order valence-electron chi connectivity index (χ4n) is 3.29. The average Bonchev–Trinajstić information content (AvgIpc) is 2.75. The van der Waals surface area contributed by atoms with Crippen LogP contribution in [0.2, 0.25) is 0 Å². The van der Waals surface area contributed by atoms with Crippen molar-refractivity contribution >= 4 is 5.91 Å². The molecule has 2 aromatic carbocycles. The van der Waals surface area contributed by atoms with Crippen LogP contribution in [-0.2, 0) is 4.79 Å². The zero-order valence-electron chi connectivity index (χ0n) is 17.4. The molecule has 0 fully saturated rings. The Bertz CT molecular complexity index is 635. The molecular weight excluding hydrogens is 346 g/mol. The van der Waals surface area contributed by atoms with Crippen molar-refractivity contribution in [3.63, 3.8) is 0 Å². The van der Waals surface area contributed by atoms with Gasteiger partial charge in [-0.1, -0.05) is 74.0 Å². The molecule has 2 unspecified atom stereocenters. The van der Waals surface area contributed by atoms with Crippen molar-refractivity contribution in [2.24, 2.45) is 0 Å². The Labute approximate surface area is 170 Å². The van der Waals surface area contributed by atoms with Gasteiger partial charge in [0.25, 0.3) is 0 Å². The first-order valence-corrected chi connectivity index (χ1v) is 10.5. The van der Waals surface area contributed by atoms with Crippen molar-refractivity contribution in [3.05, 3.63) is 71.8 Å². The molecule has 0 saturated heterocycles. The van der Waals surface area contributed by atoms with E-state index < -0.39 is 0 Å². The summed E-state index contributed by atoms with van der Waals surface area (Å²) in [5.74, 6) is 0.0717. The zero-order chi connectivity index (χ0) is 20.2. The van der Waals surface area contributed by atoms with Gasteiger partial charge in [0.05, 0.1) is 12.1 Å². The van der Waals surface area contributed by atoms with Crippen molar-refractivity contribution in [1.82, 2.24) is 16.0 Å². The number of carbonyl (C=O) groups is 1. The van der Waals surface area contributed by atoms with E-state index in [2.05, 4.69) is 54.1 Å². The SMILES string of the molecule is CCC(C)NC(CCCCNC)C(=O)NC(c1ccccc1)c1ccccc1. The second-order valence-electron chi connectivity index (χ2n) is 7.39. The minimum absolute atomic E-state index is 0.0717. The molecule has 0 heterocycles. The summed E-state index contributed by atoms with van der Waals surface area (Å²) in [6.07, 6.45) is 3.93. The van der Waals surface area contributed by atoms with Crippen molar-refractivity contribution in [1.29, 1.82) is 0 Å². The van der Waals surface area contributed by atoms with Gasteiger partial charge < -0.3 is 16.0 Å². The molecule has 152 valence electrons. The third-order valence-corrected chi connectivity index (χ3v) is 5.14. The number of hydrogen-bond donors (Lipinski definition) is 3. The molecule has 0 aromatic heterocycles. The Morgan fingerprint density at radius 1 is 0.929 bits per heavy atom. The molecule has 0 aliphatic rings. The van der Waals surface area contributed by atoms with Crippen LogP contribution in [0.4, 0.5) is 0 Å². The number of amides is 1. The third kappa shape index (κ3) is 7.10. The molecule has 0 bridgehead atoms. The van der Waals surface area contributed by atoms with E-state index in [0.29, 0.717) is 6.04 Å². The molecule has 0 aliphatic carbocycles. The highest BCUT2D eigenvalue weighted by molar-refractivity contribution is 5.82. The number of nitrogens with one attached hydrogen (secondary N) is 3. The number of benzene rings is 2. The molecule has 4 nitrogen and oxygen atoms in total. The van der Waals surface area contributed by atoms with Crippen molar-refractivity contribution < 1.29 is 4.79 Å². The van der Waals surface area contributed by atoms with E-state index in [1.807, 2.05) is 43.4 Å². The summed E-state index contributed by atoms with van der Waals surface area (Å²) in [4.78, 5) is 13.2. The van der Waals surface area contributed by atoms with Crippen LogP contribution < -0.4 is 16.0 Å². The Balaban J connectivity index is 2.15. The molecule has 3 N–H and O–H groups in total. The lowest BCUT2D eigenvalue weighted by molar-refractivity contribution is -0.124. The summed E-state index contributed by atoms with van der Waals surface area (Å²) in [6, 6.07) is 20.4. The number of rotatable bonds is 12. The van der Waals surface area contributed by atoms with Gasteiger partial charge in [0.15, 0.2) is 0 Å². The summed E-state index contributed by atoms with van der Waals surface area (Å²) in [6.45, 7) is 5.26. The largest absolute Gasteiger partial charge is 0.344 e. The summed E-state index contributed by atoms with van der Waals surface area (Å²) < 4.78 is 0. The van der Waals surface area contributed by atoms with Crippen molar-refractivity contribution in [2.75, 3.05) is 13.6 Å². The van der Waals surface area contributed by atoms with Gasteiger partial charge in [-0.25, -0.2) is 0 Å². The molecule has 0 spiro atoms. The molecule has 2 rings (SSSR count). The van der Waals surface area contributed by atoms with Gasteiger partial charge >= 0.3 is 0 Å². The lowest BCUT2D eigenvalue weighted by Crippen LogP contribution is -2.48. The Morgan fingerprint density at radius 2 is 1.50 bits per heavy atom. The smallest absolute Gasteiger partial charge is 0.237 e. The van der Waals surface area contributed by atoms with Crippen molar-refractivity contribution in [2.45, 2.75) is 57.7 Å². The summed E-state index contributed by atoms with van der Waals surface area (Å²) in [7, 11) is 1.96. The minimum atomic E-state index is -0.179. The highest BCUT2D eigenvalue weighted by atomic mass is 16.2. The molecular formula is C24H35N3O. The standard InChI is InChI=1S/C24H35N3O/c1-4-19(2)26-22(17-11-12-18-25-3)24(28)27-23(20-13-7-5-8-14-20)21-15-9-6-10-16-21/h5-10,13-16,19,22-23,25-26H,4,11-12,17-18H2,1-3H3,(H,27,28). The third-order valence-electron chi connectivity index (χ3n) is 5.14. The lowest BCUT2D eigenvalue weighted by atomic mass is 9.97. The first-order chi connectivity index (χ1) is 13.7. The first kappa shape index (κ1) is 22.1. The van der Waals surface area contributed by atoms with Gasteiger partial charge in [0.2, 0.25) is 5.91 Å². The Morgan fingerprint density at radius 3 is 2.00 bits per heavy atom. The lowest BCUT2D eigenvalue weighted by Gasteiger charge is -2.26. The summed E-state index contributed by atoms with van der Waals surface area (Å²) in [5.41, 5.74) is 2.19. The zero-order valence-corrected chi connectivity index (χ0v) is 17.4. The van der Waals surface area contributed by atoms with Gasteiger partial charge in [-0.3, -0.25) is 4.79 Å². The van der Waals surface area contributed by atoms with Gasteiger partial charge in [0.1, 0.15) is 0 Å². The van der Waals surface area contributed by atoms with Crippen LogP contribution in [0.15, 0.2) is 60.7 Å². The first-order valence-electron chi connectivity index (χ1n) is 10.5. The Kier molecular flexibility index (Phi) is 9.73. The fourth-order valence-corrected chi connectivity index (χ4v) is 3.29. The van der Waals surface area contributed by atoms with E-state index in [-0.39, 0.29) is 18.0 Å². The quantitative estimate of drug-likeness (QED) is 0.486. The van der Waals surface area contributed by atoms with Crippen LogP contribution in [0, 0.1) is 0 Å². The van der Waals surface area contributed by atoms with Crippen LogP contribution in [0.25, 0.3) is 0 Å². The molecule has 0 saturated carbocycles. The highest BCUT2D eigenvalue weighted by Gasteiger charge is 2.24. The predicted molar refractivity (Wildman–Crippen MR) is 117 cm³/mol. The maximum absolute atomic E-state index is 13.2. The van der Waals surface area contributed by atoms with Gasteiger partial charge in [-0.15, -0.1) is 0 Å². The van der Waals surface area contributed by atoms with Crippen LogP contribution in [0.5, 0.6) is 0 Å². The predicted octanol–water partition coefficient (Wildman–Crippen LogP) is 4.04. The minimum Gasteiger partial charge on any atom is -0.344 e. The Hall–Kier alpha value is -2.17. The topological polar surface area (TPSA) is 53.2 Å². The molecule has 1 amide bonds. The van der Waals surface area contributed by atoms with Gasteiger partial charge in [0, 0.05) is 6.04 Å². The maximum Gasteiger partial charge on any atom is 0.237 e. The second-order valence-corrected chi connectivity index (χ2v) is 7.39. The van der Waals surface area contributed by atoms with Gasteiger partial charge in [-0.2, -0.15) is 0 Å². The van der Waals surface area contributed by atoms with E-state index in [9.17, 15) is 4.79 Å². The summed E-state index contributed by atoms with van der Waals surface area (Å²) >= 11 is 0. The summed E-state index contributed by atoms with van der Waals surface area (Å²) in [5, 5.41) is 10.00. The normalized spacial score (nSPS) is 13.3. The molecule has 28 heavy (non-hydrogen) atoms. The number of carbonyl (C=O) groups excluding carboxylic acids is 1. The van der Waals surface area contributed by atoms with Crippen LogP contribution >= 0.6 is 0 Å². The maximum atomic E-state index is 13.2. The van der Waals surface area contributed by atoms with Crippen LogP contribution in [-0.4, -0.2) is 31.6 Å². The highest BCUT2D eigenvalue weighted by Crippen LogP contribution is 2.22. The molecule has 2 aromatic rings. The molecule has 2 atom stereocenters. The molecule has 4 heteroatoms. The van der Waals surface area contributed by atoms with Crippen LogP contribution in [0.3, 0.4) is 0 Å². The van der Waals surface area contributed by atoms with Crippen molar-refractivity contribution in [3.8, 4) is 0 Å². The molecule has 0 radical (unpaired) electrons. The van der Waals surface area contributed by atoms with Crippen LogP contribution in [0.1, 0.15) is 56.7 Å². The van der Waals surface area contributed by atoms with E-state index in [0.717, 1.165) is 43.4 Å². The number of unbranched alkanes of at least 4 members (excludes halogenated alkanes) is 1. The fraction of sp³-hybridized carbons (Fsp3) is 0.458. The van der Waals surface area contributed by atoms with Gasteiger partial charge in [-0.05, 0) is 50.9 Å². The molecule has 0 aliphatic heterocycles. The van der Waals surface area contributed by atoms with E-state index in [4.69, 9.17) is 0 Å². The van der Waals surface area contributed by atoms with E-state index in [1.54, 1.807) is 0 Å². The number of hydrogen-bond acceptors (Lipinski definition) is 3. The monoisotopic (exact) mass is 381 g/mol. The van der Waals surface area contributed by atoms with E-state index in [1.165, 1.54) is 0 Å². The average molecular weight is 382 g/mol. The second kappa shape index (κ2) is 12.3. The van der Waals surface area contributed by atoms with E-state index >= 15 is 0 Å².